The van der Waals surface area contributed by atoms with Crippen molar-refractivity contribution in [3.63, 3.8) is 0 Å². The van der Waals surface area contributed by atoms with Crippen molar-refractivity contribution in [3.8, 4) is 6.01 Å². The molecular formula is C11H17N3O. The minimum Gasteiger partial charge on any atom is -0.462 e. The van der Waals surface area contributed by atoms with Crippen molar-refractivity contribution < 1.29 is 4.74 Å². The maximum Gasteiger partial charge on any atom is 0.316 e. The number of nitrogens with one attached hydrogen (secondary N) is 1. The first-order chi connectivity index (χ1) is 7.34. The minimum absolute atomic E-state index is 0.461. The van der Waals surface area contributed by atoms with Crippen LogP contribution < -0.4 is 10.1 Å². The van der Waals surface area contributed by atoms with E-state index < -0.39 is 0 Å². The van der Waals surface area contributed by atoms with Crippen LogP contribution in [0.15, 0.2) is 12.3 Å². The lowest BCUT2D eigenvalue weighted by Crippen LogP contribution is -2.38. The van der Waals surface area contributed by atoms with Crippen molar-refractivity contribution in [2.75, 3.05) is 13.2 Å². The number of hydrogen-bond donors (Lipinski definition) is 1. The second-order valence-corrected chi connectivity index (χ2v) is 3.94. The van der Waals surface area contributed by atoms with Gasteiger partial charge in [-0.05, 0) is 32.4 Å². The monoisotopic (exact) mass is 207 g/mol. The second-order valence-electron chi connectivity index (χ2n) is 3.94. The van der Waals surface area contributed by atoms with Gasteiger partial charge in [0.25, 0.3) is 0 Å². The lowest BCUT2D eigenvalue weighted by molar-refractivity contribution is 0.224. The Morgan fingerprint density at radius 1 is 1.53 bits per heavy atom. The molecule has 0 aromatic carbocycles. The van der Waals surface area contributed by atoms with Crippen LogP contribution in [-0.2, 0) is 0 Å². The molecule has 0 bridgehead atoms. The molecule has 1 atom stereocenters. The number of nitrogens with zero attached hydrogens (tertiary/aromatic N) is 2. The number of hydrogen-bond acceptors (Lipinski definition) is 4. The molecule has 1 saturated heterocycles. The van der Waals surface area contributed by atoms with Crippen LogP contribution in [0.3, 0.4) is 0 Å². The Labute approximate surface area is 90.1 Å². The highest BCUT2D eigenvalue weighted by molar-refractivity contribution is 5.03. The summed E-state index contributed by atoms with van der Waals surface area (Å²) >= 11 is 0. The second kappa shape index (κ2) is 5.07. The number of rotatable bonds is 3. The van der Waals surface area contributed by atoms with Crippen molar-refractivity contribution in [2.24, 2.45) is 0 Å². The van der Waals surface area contributed by atoms with Crippen LogP contribution in [0.1, 0.15) is 25.0 Å². The van der Waals surface area contributed by atoms with Gasteiger partial charge in [0.15, 0.2) is 0 Å². The molecule has 15 heavy (non-hydrogen) atoms. The van der Waals surface area contributed by atoms with E-state index in [1.54, 1.807) is 6.20 Å². The van der Waals surface area contributed by atoms with E-state index in [0.717, 1.165) is 12.2 Å². The van der Waals surface area contributed by atoms with Crippen LogP contribution in [0.4, 0.5) is 0 Å². The van der Waals surface area contributed by atoms with E-state index >= 15 is 0 Å². The summed E-state index contributed by atoms with van der Waals surface area (Å²) in [6, 6.07) is 2.82. The van der Waals surface area contributed by atoms with E-state index in [1.807, 2.05) is 13.0 Å². The lowest BCUT2D eigenvalue weighted by Gasteiger charge is -2.22. The van der Waals surface area contributed by atoms with Crippen LogP contribution in [-0.4, -0.2) is 29.2 Å². The van der Waals surface area contributed by atoms with Gasteiger partial charge in [-0.25, -0.2) is 9.97 Å². The first-order valence-corrected chi connectivity index (χ1v) is 5.50. The van der Waals surface area contributed by atoms with E-state index in [-0.39, 0.29) is 0 Å². The van der Waals surface area contributed by atoms with Gasteiger partial charge in [0.05, 0.1) is 0 Å². The van der Waals surface area contributed by atoms with Crippen molar-refractivity contribution in [2.45, 2.75) is 32.2 Å². The standard InChI is InChI=1S/C11H17N3O/c1-9-5-7-13-11(14-9)15-8-10-4-2-3-6-12-10/h5,7,10,12H,2-4,6,8H2,1H3/t10-/m0/s1. The summed E-state index contributed by atoms with van der Waals surface area (Å²) in [6.07, 6.45) is 5.48. The van der Waals surface area contributed by atoms with E-state index in [9.17, 15) is 0 Å². The molecule has 0 radical (unpaired) electrons. The van der Waals surface area contributed by atoms with E-state index in [1.165, 1.54) is 19.3 Å². The van der Waals surface area contributed by atoms with Gasteiger partial charge in [-0.2, -0.15) is 0 Å². The molecule has 4 heteroatoms. The predicted octanol–water partition coefficient (Wildman–Crippen LogP) is 1.31. The molecule has 1 aliphatic rings. The molecule has 1 aliphatic heterocycles. The van der Waals surface area contributed by atoms with E-state index in [0.29, 0.717) is 18.7 Å². The molecule has 0 saturated carbocycles. The molecule has 0 aliphatic carbocycles. The normalized spacial score (nSPS) is 21.3. The summed E-state index contributed by atoms with van der Waals surface area (Å²) in [6.45, 7) is 3.71. The van der Waals surface area contributed by atoms with Gasteiger partial charge in [0.1, 0.15) is 6.61 Å². The van der Waals surface area contributed by atoms with Gasteiger partial charge in [0, 0.05) is 17.9 Å². The third-order valence-electron chi connectivity index (χ3n) is 2.60. The van der Waals surface area contributed by atoms with Crippen molar-refractivity contribution in [1.29, 1.82) is 0 Å². The Morgan fingerprint density at radius 2 is 2.47 bits per heavy atom. The molecule has 1 N–H and O–H groups in total. The highest BCUT2D eigenvalue weighted by atomic mass is 16.5. The van der Waals surface area contributed by atoms with Gasteiger partial charge < -0.3 is 10.1 Å². The molecule has 2 heterocycles. The van der Waals surface area contributed by atoms with Gasteiger partial charge in [-0.3, -0.25) is 0 Å². The molecule has 0 unspecified atom stereocenters. The number of ether oxygens (including phenoxy) is 1. The maximum atomic E-state index is 5.54. The molecule has 82 valence electrons. The third-order valence-corrected chi connectivity index (χ3v) is 2.60. The highest BCUT2D eigenvalue weighted by Crippen LogP contribution is 2.08. The zero-order valence-corrected chi connectivity index (χ0v) is 9.07. The number of aromatic nitrogens is 2. The van der Waals surface area contributed by atoms with Crippen molar-refractivity contribution >= 4 is 0 Å². The SMILES string of the molecule is Cc1ccnc(OC[C@@H]2CCCCN2)n1. The quantitative estimate of drug-likeness (QED) is 0.811. The van der Waals surface area contributed by atoms with Crippen molar-refractivity contribution in [1.82, 2.24) is 15.3 Å². The van der Waals surface area contributed by atoms with Crippen LogP contribution in [0.25, 0.3) is 0 Å². The van der Waals surface area contributed by atoms with Crippen LogP contribution >= 0.6 is 0 Å². The van der Waals surface area contributed by atoms with Crippen molar-refractivity contribution in [3.05, 3.63) is 18.0 Å². The average molecular weight is 207 g/mol. The molecule has 1 aromatic rings. The van der Waals surface area contributed by atoms with E-state index in [2.05, 4.69) is 15.3 Å². The fourth-order valence-corrected chi connectivity index (χ4v) is 1.74. The van der Waals surface area contributed by atoms with Crippen LogP contribution in [0, 0.1) is 6.92 Å². The Kier molecular flexibility index (Phi) is 3.50. The number of aryl methyl sites for hydroxylation is 1. The summed E-state index contributed by atoms with van der Waals surface area (Å²) < 4.78 is 5.54. The largest absolute Gasteiger partial charge is 0.462 e. The minimum atomic E-state index is 0.461. The van der Waals surface area contributed by atoms with Gasteiger partial charge >= 0.3 is 6.01 Å². The Bertz CT molecular complexity index is 310. The molecule has 2 rings (SSSR count). The summed E-state index contributed by atoms with van der Waals surface area (Å²) in [5.74, 6) is 0. The lowest BCUT2D eigenvalue weighted by atomic mass is 10.1. The van der Waals surface area contributed by atoms with Gasteiger partial charge in [0.2, 0.25) is 0 Å². The topological polar surface area (TPSA) is 47.0 Å². The molecule has 0 amide bonds. The van der Waals surface area contributed by atoms with Crippen LogP contribution in [0.5, 0.6) is 6.01 Å². The number of piperidine rings is 1. The Morgan fingerprint density at radius 3 is 3.20 bits per heavy atom. The zero-order valence-electron chi connectivity index (χ0n) is 9.07. The first kappa shape index (κ1) is 10.4. The Balaban J connectivity index is 1.81. The first-order valence-electron chi connectivity index (χ1n) is 5.50. The van der Waals surface area contributed by atoms with Gasteiger partial charge in [-0.1, -0.05) is 6.42 Å². The highest BCUT2D eigenvalue weighted by Gasteiger charge is 2.13. The van der Waals surface area contributed by atoms with E-state index in [4.69, 9.17) is 4.74 Å². The fraction of sp³-hybridized carbons (Fsp3) is 0.636. The third kappa shape index (κ3) is 3.16. The molecule has 1 aromatic heterocycles. The zero-order chi connectivity index (χ0) is 10.5. The smallest absolute Gasteiger partial charge is 0.316 e. The summed E-state index contributed by atoms with van der Waals surface area (Å²) in [5, 5.41) is 3.42. The fourth-order valence-electron chi connectivity index (χ4n) is 1.74. The summed E-state index contributed by atoms with van der Waals surface area (Å²) in [4.78, 5) is 8.26. The average Bonchev–Trinajstić information content (AvgIpc) is 2.28. The molecular weight excluding hydrogens is 190 g/mol. The Hall–Kier alpha value is -1.16. The van der Waals surface area contributed by atoms with Crippen LogP contribution in [0.2, 0.25) is 0 Å². The molecule has 4 nitrogen and oxygen atoms in total. The predicted molar refractivity (Wildman–Crippen MR) is 57.9 cm³/mol. The van der Waals surface area contributed by atoms with Gasteiger partial charge in [-0.15, -0.1) is 0 Å². The molecule has 0 spiro atoms. The maximum absolute atomic E-state index is 5.54. The molecule has 1 fully saturated rings. The summed E-state index contributed by atoms with van der Waals surface area (Å²) in [5.41, 5.74) is 0.941. The summed E-state index contributed by atoms with van der Waals surface area (Å²) in [7, 11) is 0.